The predicted octanol–water partition coefficient (Wildman–Crippen LogP) is 4.64. The van der Waals surface area contributed by atoms with Crippen molar-refractivity contribution in [2.45, 2.75) is 30.7 Å². The summed E-state index contributed by atoms with van der Waals surface area (Å²) in [5.41, 5.74) is 3.18. The van der Waals surface area contributed by atoms with E-state index < -0.39 is 0 Å². The molecule has 0 aliphatic rings. The van der Waals surface area contributed by atoms with Crippen LogP contribution in [0.15, 0.2) is 83.4 Å². The van der Waals surface area contributed by atoms with Gasteiger partial charge < -0.3 is 0 Å². The van der Waals surface area contributed by atoms with Gasteiger partial charge in [0.05, 0.1) is 0 Å². The van der Waals surface area contributed by atoms with Crippen molar-refractivity contribution in [3.63, 3.8) is 0 Å². The standard InChI is InChI=1S/C25H21FN4O2S/c1-2-23(31)19-4-3-5-22(11-19)30-14-20(10-18-12-27-16-28-13-18)24(32)29-25(30)33-15-17-6-8-21(26)9-7-17/h3-9,11-14,16H,2,10,15H2,1H3. The summed E-state index contributed by atoms with van der Waals surface area (Å²) in [6, 6.07) is 13.5. The molecule has 0 saturated heterocycles. The number of hydrogen-bond acceptors (Lipinski definition) is 6. The van der Waals surface area contributed by atoms with Crippen LogP contribution in [0.4, 0.5) is 4.39 Å². The van der Waals surface area contributed by atoms with Crippen LogP contribution in [0.1, 0.15) is 40.4 Å². The zero-order chi connectivity index (χ0) is 23.2. The van der Waals surface area contributed by atoms with Crippen molar-refractivity contribution < 1.29 is 9.18 Å². The van der Waals surface area contributed by atoms with Crippen molar-refractivity contribution in [2.75, 3.05) is 0 Å². The van der Waals surface area contributed by atoms with Crippen molar-refractivity contribution in [1.29, 1.82) is 0 Å². The van der Waals surface area contributed by atoms with Crippen molar-refractivity contribution in [3.8, 4) is 5.69 Å². The monoisotopic (exact) mass is 460 g/mol. The van der Waals surface area contributed by atoms with Crippen molar-refractivity contribution in [2.24, 2.45) is 0 Å². The molecule has 0 spiro atoms. The predicted molar refractivity (Wildman–Crippen MR) is 125 cm³/mol. The zero-order valence-electron chi connectivity index (χ0n) is 17.9. The second-order valence-electron chi connectivity index (χ2n) is 7.39. The summed E-state index contributed by atoms with van der Waals surface area (Å²) in [5, 5.41) is 0.485. The molecule has 2 aromatic carbocycles. The molecule has 0 fully saturated rings. The largest absolute Gasteiger partial charge is 0.296 e. The molecule has 0 amide bonds. The van der Waals surface area contributed by atoms with E-state index in [0.29, 0.717) is 34.9 Å². The molecule has 6 nitrogen and oxygen atoms in total. The fraction of sp³-hybridized carbons (Fsp3) is 0.160. The highest BCUT2D eigenvalue weighted by atomic mass is 32.2. The van der Waals surface area contributed by atoms with E-state index in [4.69, 9.17) is 0 Å². The summed E-state index contributed by atoms with van der Waals surface area (Å²) in [7, 11) is 0. The molecule has 0 saturated carbocycles. The number of ketones is 1. The van der Waals surface area contributed by atoms with E-state index in [-0.39, 0.29) is 17.2 Å². The minimum Gasteiger partial charge on any atom is -0.296 e. The smallest absolute Gasteiger partial charge is 0.277 e. The SMILES string of the molecule is CCC(=O)c1cccc(-n2cc(Cc3cncnc3)c(=O)nc2SCc2ccc(F)cc2)c1. The van der Waals surface area contributed by atoms with Gasteiger partial charge in [0.25, 0.3) is 5.56 Å². The van der Waals surface area contributed by atoms with E-state index >= 15 is 0 Å². The summed E-state index contributed by atoms with van der Waals surface area (Å²) < 4.78 is 15.1. The fourth-order valence-electron chi connectivity index (χ4n) is 3.29. The van der Waals surface area contributed by atoms with Gasteiger partial charge in [-0.05, 0) is 35.4 Å². The number of Topliss-reactive ketones (excluding diaryl/α,β-unsaturated/α-hetero) is 1. The molecule has 8 heteroatoms. The lowest BCUT2D eigenvalue weighted by Gasteiger charge is -2.15. The lowest BCUT2D eigenvalue weighted by molar-refractivity contribution is 0.0988. The number of hydrogen-bond donors (Lipinski definition) is 0. The molecule has 166 valence electrons. The van der Waals surface area contributed by atoms with Crippen LogP contribution in [0.3, 0.4) is 0 Å². The molecule has 0 radical (unpaired) electrons. The number of benzene rings is 2. The highest BCUT2D eigenvalue weighted by molar-refractivity contribution is 7.98. The molecule has 4 rings (SSSR count). The number of halogens is 1. The maximum Gasteiger partial charge on any atom is 0.277 e. The number of carbonyl (C=O) groups is 1. The first-order valence-electron chi connectivity index (χ1n) is 10.4. The lowest BCUT2D eigenvalue weighted by Crippen LogP contribution is -2.19. The highest BCUT2D eigenvalue weighted by Crippen LogP contribution is 2.24. The third-order valence-electron chi connectivity index (χ3n) is 5.02. The summed E-state index contributed by atoms with van der Waals surface area (Å²) in [5.74, 6) is 0.241. The minimum absolute atomic E-state index is 0.0352. The molecule has 0 unspecified atom stereocenters. The Labute approximate surface area is 194 Å². The minimum atomic E-state index is -0.336. The van der Waals surface area contributed by atoms with Gasteiger partial charge in [-0.25, -0.2) is 14.4 Å². The third kappa shape index (κ3) is 5.59. The van der Waals surface area contributed by atoms with Crippen LogP contribution in [0.25, 0.3) is 5.69 Å². The average Bonchev–Trinajstić information content (AvgIpc) is 2.85. The van der Waals surface area contributed by atoms with Crippen LogP contribution < -0.4 is 5.56 Å². The summed E-state index contributed by atoms with van der Waals surface area (Å²) in [6.45, 7) is 1.82. The van der Waals surface area contributed by atoms with E-state index in [2.05, 4.69) is 15.0 Å². The Bertz CT molecular complexity index is 1320. The Hall–Kier alpha value is -3.65. The van der Waals surface area contributed by atoms with E-state index in [1.807, 2.05) is 23.6 Å². The van der Waals surface area contributed by atoms with E-state index in [9.17, 15) is 14.0 Å². The fourth-order valence-corrected chi connectivity index (χ4v) is 4.22. The second kappa shape index (κ2) is 10.3. The van der Waals surface area contributed by atoms with Gasteiger partial charge in [-0.1, -0.05) is 43.0 Å². The molecule has 33 heavy (non-hydrogen) atoms. The molecule has 0 bridgehead atoms. The molecule has 0 aliphatic heterocycles. The van der Waals surface area contributed by atoms with Crippen LogP contribution in [0.2, 0.25) is 0 Å². The van der Waals surface area contributed by atoms with Crippen LogP contribution in [0, 0.1) is 5.82 Å². The van der Waals surface area contributed by atoms with E-state index in [1.54, 1.807) is 42.9 Å². The van der Waals surface area contributed by atoms with Crippen LogP contribution in [0.5, 0.6) is 0 Å². The van der Waals surface area contributed by atoms with Gasteiger partial charge in [-0.15, -0.1) is 0 Å². The third-order valence-corrected chi connectivity index (χ3v) is 6.04. The normalized spacial score (nSPS) is 10.8. The Morgan fingerprint density at radius 1 is 1.06 bits per heavy atom. The van der Waals surface area contributed by atoms with Gasteiger partial charge in [0.2, 0.25) is 0 Å². The topological polar surface area (TPSA) is 77.7 Å². The van der Waals surface area contributed by atoms with Gasteiger partial charge in [-0.3, -0.25) is 14.2 Å². The number of nitrogens with zero attached hydrogens (tertiary/aromatic N) is 4. The molecule has 0 N–H and O–H groups in total. The Morgan fingerprint density at radius 2 is 1.82 bits per heavy atom. The molecular formula is C25H21FN4O2S. The summed E-state index contributed by atoms with van der Waals surface area (Å²) in [4.78, 5) is 37.4. The van der Waals surface area contributed by atoms with Gasteiger partial charge in [0, 0.05) is 54.0 Å². The van der Waals surface area contributed by atoms with Gasteiger partial charge in [0.1, 0.15) is 12.1 Å². The first kappa shape index (κ1) is 22.5. The molecule has 0 atom stereocenters. The number of aromatic nitrogens is 4. The number of thioether (sulfide) groups is 1. The molecule has 2 heterocycles. The first-order valence-corrected chi connectivity index (χ1v) is 11.4. The molecular weight excluding hydrogens is 439 g/mol. The Morgan fingerprint density at radius 3 is 2.55 bits per heavy atom. The average molecular weight is 461 g/mol. The zero-order valence-corrected chi connectivity index (χ0v) is 18.8. The molecule has 0 aliphatic carbocycles. The number of rotatable bonds is 8. The van der Waals surface area contributed by atoms with Crippen molar-refractivity contribution in [3.05, 3.63) is 112 Å². The second-order valence-corrected chi connectivity index (χ2v) is 8.33. The van der Waals surface area contributed by atoms with Crippen molar-refractivity contribution >= 4 is 17.5 Å². The quantitative estimate of drug-likeness (QED) is 0.217. The summed E-state index contributed by atoms with van der Waals surface area (Å²) in [6.07, 6.45) is 7.25. The van der Waals surface area contributed by atoms with Gasteiger partial charge in [0.15, 0.2) is 10.9 Å². The highest BCUT2D eigenvalue weighted by Gasteiger charge is 2.14. The molecule has 4 aromatic rings. The van der Waals surface area contributed by atoms with Crippen LogP contribution in [-0.2, 0) is 12.2 Å². The molecule has 2 aromatic heterocycles. The Balaban J connectivity index is 1.74. The first-order chi connectivity index (χ1) is 16.0. The van der Waals surface area contributed by atoms with Crippen LogP contribution >= 0.6 is 11.8 Å². The lowest BCUT2D eigenvalue weighted by atomic mass is 10.1. The maximum absolute atomic E-state index is 13.2. The van der Waals surface area contributed by atoms with Crippen LogP contribution in [-0.4, -0.2) is 25.3 Å². The van der Waals surface area contributed by atoms with Crippen molar-refractivity contribution in [1.82, 2.24) is 19.5 Å². The van der Waals surface area contributed by atoms with E-state index in [0.717, 1.165) is 16.8 Å². The number of carbonyl (C=O) groups excluding carboxylic acids is 1. The van der Waals surface area contributed by atoms with Gasteiger partial charge in [-0.2, -0.15) is 4.98 Å². The van der Waals surface area contributed by atoms with Gasteiger partial charge >= 0.3 is 0 Å². The van der Waals surface area contributed by atoms with E-state index in [1.165, 1.54) is 30.2 Å². The Kier molecular flexibility index (Phi) is 7.04. The maximum atomic E-state index is 13.2. The summed E-state index contributed by atoms with van der Waals surface area (Å²) >= 11 is 1.37.